The normalized spacial score (nSPS) is 33.2. The van der Waals surface area contributed by atoms with E-state index >= 15 is 0 Å². The lowest BCUT2D eigenvalue weighted by atomic mass is 9.88. The number of β-amino-alcohol motifs (C(OH)–C–C–N with tert-alkyl or cyclic N) is 1. The third kappa shape index (κ3) is 3.56. The largest absolute Gasteiger partial charge is 0.391 e. The minimum Gasteiger partial charge on any atom is -0.391 e. The predicted octanol–water partition coefficient (Wildman–Crippen LogP) is 1.72. The molecule has 3 atom stereocenters. The van der Waals surface area contributed by atoms with Gasteiger partial charge in [-0.05, 0) is 24.8 Å². The molecule has 78 valence electrons. The van der Waals surface area contributed by atoms with Gasteiger partial charge in [-0.3, -0.25) is 0 Å². The molecule has 1 aliphatic heterocycles. The van der Waals surface area contributed by atoms with Gasteiger partial charge in [0.1, 0.15) is 0 Å². The summed E-state index contributed by atoms with van der Waals surface area (Å²) >= 11 is 3.29. The van der Waals surface area contributed by atoms with Crippen LogP contribution >= 0.6 is 15.9 Å². The van der Waals surface area contributed by atoms with Crippen LogP contribution in [0.1, 0.15) is 20.3 Å². The van der Waals surface area contributed by atoms with Crippen LogP contribution in [0.25, 0.3) is 0 Å². The van der Waals surface area contributed by atoms with Crippen molar-refractivity contribution in [3.05, 3.63) is 0 Å². The molecular weight excluding hydrogens is 230 g/mol. The number of aliphatic hydroxyl groups excluding tert-OH is 1. The maximum Gasteiger partial charge on any atom is 0.0763 e. The Balaban J connectivity index is 2.29. The maximum atomic E-state index is 9.47. The molecule has 0 radical (unpaired) electrons. The molecular formula is C10H20BrNO. The third-order valence-electron chi connectivity index (χ3n) is 3.07. The van der Waals surface area contributed by atoms with Crippen molar-refractivity contribution < 1.29 is 5.11 Å². The number of aliphatic hydroxyl groups is 1. The molecule has 0 bridgehead atoms. The Labute approximate surface area is 89.4 Å². The number of rotatable bonds is 3. The van der Waals surface area contributed by atoms with E-state index in [9.17, 15) is 5.11 Å². The fraction of sp³-hybridized carbons (Fsp3) is 1.00. The molecule has 0 aliphatic carbocycles. The predicted molar refractivity (Wildman–Crippen MR) is 59.2 cm³/mol. The Morgan fingerprint density at radius 2 is 2.15 bits per heavy atom. The molecule has 3 unspecified atom stereocenters. The summed E-state index contributed by atoms with van der Waals surface area (Å²) < 4.78 is 0. The molecule has 0 aromatic carbocycles. The van der Waals surface area contributed by atoms with Crippen LogP contribution in [-0.2, 0) is 0 Å². The first-order chi connectivity index (χ1) is 6.13. The van der Waals surface area contributed by atoms with Crippen LogP contribution in [-0.4, -0.2) is 41.1 Å². The van der Waals surface area contributed by atoms with E-state index in [1.165, 1.54) is 6.42 Å². The standard InChI is InChI=1S/C10H20BrNO/c1-8-3-4-12(6-9(8)2)7-10(13)5-11/h8-10,13H,3-7H2,1-2H3. The molecule has 1 fully saturated rings. The SMILES string of the molecule is CC1CCN(CC(O)CBr)CC1C. The van der Waals surface area contributed by atoms with Crippen LogP contribution in [0, 0.1) is 11.8 Å². The highest BCUT2D eigenvalue weighted by atomic mass is 79.9. The van der Waals surface area contributed by atoms with Crippen molar-refractivity contribution in [2.24, 2.45) is 11.8 Å². The van der Waals surface area contributed by atoms with Crippen molar-refractivity contribution in [2.75, 3.05) is 25.0 Å². The van der Waals surface area contributed by atoms with Crippen LogP contribution in [0.15, 0.2) is 0 Å². The zero-order valence-electron chi connectivity index (χ0n) is 8.54. The van der Waals surface area contributed by atoms with Crippen LogP contribution in [0.4, 0.5) is 0 Å². The molecule has 1 rings (SSSR count). The first-order valence-electron chi connectivity index (χ1n) is 5.10. The molecule has 1 aliphatic rings. The first-order valence-corrected chi connectivity index (χ1v) is 6.22. The molecule has 1 N–H and O–H groups in total. The van der Waals surface area contributed by atoms with Gasteiger partial charge in [-0.2, -0.15) is 0 Å². The van der Waals surface area contributed by atoms with Crippen LogP contribution in [0.2, 0.25) is 0 Å². The fourth-order valence-electron chi connectivity index (χ4n) is 1.86. The first kappa shape index (κ1) is 11.5. The summed E-state index contributed by atoms with van der Waals surface area (Å²) in [5.74, 6) is 1.62. The highest BCUT2D eigenvalue weighted by Crippen LogP contribution is 2.22. The zero-order chi connectivity index (χ0) is 9.84. The van der Waals surface area contributed by atoms with Gasteiger partial charge in [0.05, 0.1) is 6.10 Å². The molecule has 13 heavy (non-hydrogen) atoms. The van der Waals surface area contributed by atoms with Crippen molar-refractivity contribution in [3.63, 3.8) is 0 Å². The molecule has 0 aromatic rings. The lowest BCUT2D eigenvalue weighted by Gasteiger charge is -2.36. The monoisotopic (exact) mass is 249 g/mol. The van der Waals surface area contributed by atoms with E-state index < -0.39 is 0 Å². The molecule has 0 aromatic heterocycles. The van der Waals surface area contributed by atoms with Gasteiger partial charge in [-0.15, -0.1) is 0 Å². The van der Waals surface area contributed by atoms with Crippen molar-refractivity contribution in [1.82, 2.24) is 4.90 Å². The third-order valence-corrected chi connectivity index (χ3v) is 3.81. The zero-order valence-corrected chi connectivity index (χ0v) is 10.1. The van der Waals surface area contributed by atoms with E-state index in [2.05, 4.69) is 34.7 Å². The molecule has 0 saturated carbocycles. The van der Waals surface area contributed by atoms with E-state index in [0.29, 0.717) is 5.33 Å². The van der Waals surface area contributed by atoms with Crippen molar-refractivity contribution >= 4 is 15.9 Å². The number of piperidine rings is 1. The fourth-order valence-corrected chi connectivity index (χ4v) is 2.07. The smallest absolute Gasteiger partial charge is 0.0763 e. The Morgan fingerprint density at radius 1 is 1.46 bits per heavy atom. The number of hydrogen-bond donors (Lipinski definition) is 1. The Kier molecular flexibility index (Phi) is 4.70. The van der Waals surface area contributed by atoms with Crippen LogP contribution in [0.5, 0.6) is 0 Å². The molecule has 2 nitrogen and oxygen atoms in total. The summed E-state index contributed by atoms with van der Waals surface area (Å²) in [6.07, 6.45) is 1.07. The second-order valence-corrected chi connectivity index (χ2v) is 4.96. The second-order valence-electron chi connectivity index (χ2n) is 4.31. The molecule has 1 saturated heterocycles. The lowest BCUT2D eigenvalue weighted by Crippen LogP contribution is -2.42. The quantitative estimate of drug-likeness (QED) is 0.771. The highest BCUT2D eigenvalue weighted by molar-refractivity contribution is 9.09. The number of hydrogen-bond acceptors (Lipinski definition) is 2. The summed E-state index contributed by atoms with van der Waals surface area (Å²) in [5, 5.41) is 10.2. The minimum atomic E-state index is -0.208. The minimum absolute atomic E-state index is 0.208. The van der Waals surface area contributed by atoms with Gasteiger partial charge in [0.25, 0.3) is 0 Å². The summed E-state index contributed by atoms with van der Waals surface area (Å²) in [7, 11) is 0. The number of halogens is 1. The molecule has 3 heteroatoms. The summed E-state index contributed by atoms with van der Waals surface area (Å²) in [5.41, 5.74) is 0. The van der Waals surface area contributed by atoms with Crippen molar-refractivity contribution in [3.8, 4) is 0 Å². The van der Waals surface area contributed by atoms with E-state index in [1.54, 1.807) is 0 Å². The van der Waals surface area contributed by atoms with E-state index in [0.717, 1.165) is 31.5 Å². The number of likely N-dealkylation sites (tertiary alicyclic amines) is 1. The van der Waals surface area contributed by atoms with Crippen LogP contribution < -0.4 is 0 Å². The highest BCUT2D eigenvalue weighted by Gasteiger charge is 2.23. The molecule has 0 amide bonds. The van der Waals surface area contributed by atoms with Gasteiger partial charge in [0.2, 0.25) is 0 Å². The topological polar surface area (TPSA) is 23.5 Å². The number of nitrogens with zero attached hydrogens (tertiary/aromatic N) is 1. The average molecular weight is 250 g/mol. The summed E-state index contributed by atoms with van der Waals surface area (Å²) in [4.78, 5) is 2.37. The van der Waals surface area contributed by atoms with E-state index in [4.69, 9.17) is 0 Å². The van der Waals surface area contributed by atoms with Gasteiger partial charge >= 0.3 is 0 Å². The number of alkyl halides is 1. The maximum absolute atomic E-state index is 9.47. The van der Waals surface area contributed by atoms with Gasteiger partial charge in [-0.1, -0.05) is 29.8 Å². The summed E-state index contributed by atoms with van der Waals surface area (Å²) in [6.45, 7) is 7.74. The Bertz CT molecular complexity index is 152. The molecule has 0 spiro atoms. The van der Waals surface area contributed by atoms with E-state index in [1.807, 2.05) is 0 Å². The molecule has 1 heterocycles. The Hall–Kier alpha value is 0.400. The summed E-state index contributed by atoms with van der Waals surface area (Å²) in [6, 6.07) is 0. The second kappa shape index (κ2) is 5.32. The van der Waals surface area contributed by atoms with Gasteiger partial charge in [0, 0.05) is 18.4 Å². The lowest BCUT2D eigenvalue weighted by molar-refractivity contribution is 0.0817. The Morgan fingerprint density at radius 3 is 2.69 bits per heavy atom. The van der Waals surface area contributed by atoms with Crippen molar-refractivity contribution in [2.45, 2.75) is 26.4 Å². The van der Waals surface area contributed by atoms with Gasteiger partial charge < -0.3 is 10.0 Å². The van der Waals surface area contributed by atoms with Gasteiger partial charge in [-0.25, -0.2) is 0 Å². The van der Waals surface area contributed by atoms with Crippen molar-refractivity contribution in [1.29, 1.82) is 0 Å². The van der Waals surface area contributed by atoms with Crippen LogP contribution in [0.3, 0.4) is 0 Å². The van der Waals surface area contributed by atoms with E-state index in [-0.39, 0.29) is 6.10 Å². The average Bonchev–Trinajstić information content (AvgIpc) is 2.11. The van der Waals surface area contributed by atoms with Gasteiger partial charge in [0.15, 0.2) is 0 Å².